The molecule has 4 heteroatoms. The quantitative estimate of drug-likeness (QED) is 0.682. The molecule has 1 amide bonds. The number of hydrogen-bond acceptors (Lipinski definition) is 3. The van der Waals surface area contributed by atoms with Crippen LogP contribution in [0.5, 0.6) is 0 Å². The van der Waals surface area contributed by atoms with E-state index in [1.54, 1.807) is 0 Å². The van der Waals surface area contributed by atoms with E-state index in [-0.39, 0.29) is 11.9 Å². The molecule has 3 N–H and O–H groups in total. The predicted molar refractivity (Wildman–Crippen MR) is 59.4 cm³/mol. The van der Waals surface area contributed by atoms with Gasteiger partial charge in [0.25, 0.3) is 0 Å². The fourth-order valence-corrected chi connectivity index (χ4v) is 1.67. The highest BCUT2D eigenvalue weighted by Crippen LogP contribution is 2.15. The summed E-state index contributed by atoms with van der Waals surface area (Å²) in [5.74, 6) is 0.755. The lowest BCUT2D eigenvalue weighted by atomic mass is 10.1. The average Bonchev–Trinajstić information content (AvgIpc) is 2.67. The van der Waals surface area contributed by atoms with Gasteiger partial charge in [0.15, 0.2) is 0 Å². The van der Waals surface area contributed by atoms with E-state index in [2.05, 4.69) is 5.32 Å². The molecule has 1 fully saturated rings. The number of nitrogens with two attached hydrogens (primary N) is 1. The number of amides is 1. The van der Waals surface area contributed by atoms with Crippen LogP contribution in [0.2, 0.25) is 0 Å². The highest BCUT2D eigenvalue weighted by Gasteiger charge is 2.15. The van der Waals surface area contributed by atoms with E-state index in [4.69, 9.17) is 10.5 Å². The summed E-state index contributed by atoms with van der Waals surface area (Å²) in [6.07, 6.45) is 3.47. The first kappa shape index (κ1) is 12.5. The number of nitrogens with one attached hydrogen (secondary N) is 1. The van der Waals surface area contributed by atoms with Crippen LogP contribution in [0.1, 0.15) is 32.6 Å². The third-order valence-corrected chi connectivity index (χ3v) is 2.73. The maximum atomic E-state index is 11.3. The van der Waals surface area contributed by atoms with Crippen molar-refractivity contribution in [1.29, 1.82) is 0 Å². The SMILES string of the molecule is CC(N)CCC(=O)NCCC1CCOC1. The van der Waals surface area contributed by atoms with Crippen LogP contribution < -0.4 is 11.1 Å². The summed E-state index contributed by atoms with van der Waals surface area (Å²) in [6.45, 7) is 4.42. The Morgan fingerprint density at radius 3 is 3.07 bits per heavy atom. The molecule has 0 spiro atoms. The van der Waals surface area contributed by atoms with Crippen LogP contribution in [-0.4, -0.2) is 31.7 Å². The molecule has 0 aliphatic carbocycles. The summed E-state index contributed by atoms with van der Waals surface area (Å²) in [5, 5.41) is 2.91. The van der Waals surface area contributed by atoms with Crippen molar-refractivity contribution in [2.75, 3.05) is 19.8 Å². The summed E-state index contributed by atoms with van der Waals surface area (Å²) in [5.41, 5.74) is 5.57. The van der Waals surface area contributed by atoms with Gasteiger partial charge in [0.2, 0.25) is 5.91 Å². The normalized spacial score (nSPS) is 22.7. The van der Waals surface area contributed by atoms with Gasteiger partial charge >= 0.3 is 0 Å². The highest BCUT2D eigenvalue weighted by atomic mass is 16.5. The van der Waals surface area contributed by atoms with E-state index in [1.807, 2.05) is 6.92 Å². The zero-order valence-corrected chi connectivity index (χ0v) is 9.50. The monoisotopic (exact) mass is 214 g/mol. The lowest BCUT2D eigenvalue weighted by Gasteiger charge is -2.09. The van der Waals surface area contributed by atoms with Gasteiger partial charge in [0, 0.05) is 32.2 Å². The minimum Gasteiger partial charge on any atom is -0.381 e. The second-order valence-electron chi connectivity index (χ2n) is 4.38. The van der Waals surface area contributed by atoms with E-state index in [0.29, 0.717) is 12.3 Å². The average molecular weight is 214 g/mol. The Balaban J connectivity index is 1.96. The van der Waals surface area contributed by atoms with Gasteiger partial charge in [-0.25, -0.2) is 0 Å². The third kappa shape index (κ3) is 5.74. The lowest BCUT2D eigenvalue weighted by Crippen LogP contribution is -2.27. The van der Waals surface area contributed by atoms with E-state index >= 15 is 0 Å². The first-order valence-corrected chi connectivity index (χ1v) is 5.78. The van der Waals surface area contributed by atoms with Gasteiger partial charge in [-0.2, -0.15) is 0 Å². The van der Waals surface area contributed by atoms with Crippen molar-refractivity contribution in [3.05, 3.63) is 0 Å². The van der Waals surface area contributed by atoms with Crippen molar-refractivity contribution in [3.8, 4) is 0 Å². The molecule has 1 rings (SSSR count). The van der Waals surface area contributed by atoms with E-state index in [0.717, 1.165) is 39.0 Å². The molecule has 0 aromatic carbocycles. The molecule has 2 unspecified atom stereocenters. The molecule has 1 aliphatic heterocycles. The van der Waals surface area contributed by atoms with Gasteiger partial charge in [-0.15, -0.1) is 0 Å². The molecule has 1 heterocycles. The van der Waals surface area contributed by atoms with Crippen LogP contribution >= 0.6 is 0 Å². The molecule has 2 atom stereocenters. The number of ether oxygens (including phenoxy) is 1. The molecule has 88 valence electrons. The van der Waals surface area contributed by atoms with Gasteiger partial charge in [-0.1, -0.05) is 0 Å². The molecular formula is C11H22N2O2. The molecule has 0 radical (unpaired) electrons. The third-order valence-electron chi connectivity index (χ3n) is 2.73. The van der Waals surface area contributed by atoms with Crippen molar-refractivity contribution in [3.63, 3.8) is 0 Å². The van der Waals surface area contributed by atoms with Crippen molar-refractivity contribution in [2.45, 2.75) is 38.6 Å². The summed E-state index contributed by atoms with van der Waals surface area (Å²) in [7, 11) is 0. The molecule has 4 nitrogen and oxygen atoms in total. The summed E-state index contributed by atoms with van der Waals surface area (Å²) >= 11 is 0. The Kier molecular flexibility index (Phi) is 5.65. The van der Waals surface area contributed by atoms with Crippen molar-refractivity contribution < 1.29 is 9.53 Å². The molecule has 0 aromatic rings. The molecule has 0 bridgehead atoms. The first-order valence-electron chi connectivity index (χ1n) is 5.78. The van der Waals surface area contributed by atoms with Crippen LogP contribution in [0.25, 0.3) is 0 Å². The van der Waals surface area contributed by atoms with Crippen LogP contribution in [0, 0.1) is 5.92 Å². The first-order chi connectivity index (χ1) is 7.18. The van der Waals surface area contributed by atoms with Gasteiger partial charge in [0.1, 0.15) is 0 Å². The fourth-order valence-electron chi connectivity index (χ4n) is 1.67. The molecular weight excluding hydrogens is 192 g/mol. The van der Waals surface area contributed by atoms with E-state index < -0.39 is 0 Å². The summed E-state index contributed by atoms with van der Waals surface area (Å²) in [6, 6.07) is 0.110. The second kappa shape index (κ2) is 6.80. The zero-order valence-electron chi connectivity index (χ0n) is 9.50. The van der Waals surface area contributed by atoms with E-state index in [1.165, 1.54) is 0 Å². The standard InChI is InChI=1S/C11H22N2O2/c1-9(12)2-3-11(14)13-6-4-10-5-7-15-8-10/h9-10H,2-8,12H2,1H3,(H,13,14). The molecule has 1 saturated heterocycles. The highest BCUT2D eigenvalue weighted by molar-refractivity contribution is 5.75. The van der Waals surface area contributed by atoms with Crippen molar-refractivity contribution in [1.82, 2.24) is 5.32 Å². The van der Waals surface area contributed by atoms with Gasteiger partial charge in [0.05, 0.1) is 0 Å². The lowest BCUT2D eigenvalue weighted by molar-refractivity contribution is -0.121. The van der Waals surface area contributed by atoms with E-state index in [9.17, 15) is 4.79 Å². The van der Waals surface area contributed by atoms with Gasteiger partial charge < -0.3 is 15.8 Å². The largest absolute Gasteiger partial charge is 0.381 e. The number of hydrogen-bond donors (Lipinski definition) is 2. The number of rotatable bonds is 6. The number of carbonyl (C=O) groups excluding carboxylic acids is 1. The second-order valence-corrected chi connectivity index (χ2v) is 4.38. The maximum absolute atomic E-state index is 11.3. The molecule has 0 saturated carbocycles. The Labute approximate surface area is 91.5 Å². The summed E-state index contributed by atoms with van der Waals surface area (Å²) < 4.78 is 5.26. The smallest absolute Gasteiger partial charge is 0.220 e. The molecule has 15 heavy (non-hydrogen) atoms. The topological polar surface area (TPSA) is 64.4 Å². The number of carbonyl (C=O) groups is 1. The van der Waals surface area contributed by atoms with Gasteiger partial charge in [-0.05, 0) is 32.1 Å². The zero-order chi connectivity index (χ0) is 11.1. The van der Waals surface area contributed by atoms with Gasteiger partial charge in [-0.3, -0.25) is 4.79 Å². The Morgan fingerprint density at radius 2 is 2.47 bits per heavy atom. The molecule has 0 aromatic heterocycles. The van der Waals surface area contributed by atoms with Crippen LogP contribution in [-0.2, 0) is 9.53 Å². The Bertz CT molecular complexity index is 189. The predicted octanol–water partition coefficient (Wildman–Crippen LogP) is 0.657. The Morgan fingerprint density at radius 1 is 1.67 bits per heavy atom. The van der Waals surface area contributed by atoms with Crippen LogP contribution in [0.3, 0.4) is 0 Å². The Hall–Kier alpha value is -0.610. The fraction of sp³-hybridized carbons (Fsp3) is 0.909. The summed E-state index contributed by atoms with van der Waals surface area (Å²) in [4.78, 5) is 11.3. The van der Waals surface area contributed by atoms with Crippen molar-refractivity contribution in [2.24, 2.45) is 11.7 Å². The minimum absolute atomic E-state index is 0.110. The van der Waals surface area contributed by atoms with Crippen LogP contribution in [0.4, 0.5) is 0 Å². The maximum Gasteiger partial charge on any atom is 0.220 e. The van der Waals surface area contributed by atoms with Crippen LogP contribution in [0.15, 0.2) is 0 Å². The molecule has 1 aliphatic rings. The van der Waals surface area contributed by atoms with Crippen molar-refractivity contribution >= 4 is 5.91 Å². The minimum atomic E-state index is 0.110.